The van der Waals surface area contributed by atoms with E-state index in [1.54, 1.807) is 7.11 Å². The van der Waals surface area contributed by atoms with E-state index in [4.69, 9.17) is 9.47 Å². The van der Waals surface area contributed by atoms with Crippen LogP contribution in [0.3, 0.4) is 0 Å². The summed E-state index contributed by atoms with van der Waals surface area (Å²) in [5.41, 5.74) is 0.490. The molecule has 0 aromatic heterocycles. The molecule has 1 aliphatic rings. The zero-order chi connectivity index (χ0) is 14.6. The smallest absolute Gasteiger partial charge is 0.165 e. The first-order chi connectivity index (χ1) is 9.63. The van der Waals surface area contributed by atoms with E-state index >= 15 is 0 Å². The molecule has 0 bridgehead atoms. The SMILES string of the molecule is COc1cccc2c1OCCCC2(C#N)CCN(C)C. The number of nitrogens with zero attached hydrogens (tertiary/aromatic N) is 2. The van der Waals surface area contributed by atoms with Crippen LogP contribution in [0.15, 0.2) is 18.2 Å². The Hall–Kier alpha value is -1.73. The molecule has 4 heteroatoms. The van der Waals surface area contributed by atoms with E-state index in [9.17, 15) is 5.26 Å². The number of hydrogen-bond acceptors (Lipinski definition) is 4. The van der Waals surface area contributed by atoms with E-state index in [1.165, 1.54) is 0 Å². The third-order valence-electron chi connectivity index (χ3n) is 3.91. The first-order valence-electron chi connectivity index (χ1n) is 6.99. The highest BCUT2D eigenvalue weighted by atomic mass is 16.5. The van der Waals surface area contributed by atoms with Crippen LogP contribution < -0.4 is 9.47 Å². The molecule has 1 aromatic rings. The summed E-state index contributed by atoms with van der Waals surface area (Å²) in [5, 5.41) is 9.82. The Morgan fingerprint density at radius 1 is 1.45 bits per heavy atom. The Bertz CT molecular complexity index is 508. The van der Waals surface area contributed by atoms with Gasteiger partial charge in [0.2, 0.25) is 0 Å². The largest absolute Gasteiger partial charge is 0.493 e. The third-order valence-corrected chi connectivity index (χ3v) is 3.91. The van der Waals surface area contributed by atoms with E-state index < -0.39 is 5.41 Å². The van der Waals surface area contributed by atoms with Gasteiger partial charge < -0.3 is 14.4 Å². The van der Waals surface area contributed by atoms with E-state index in [2.05, 4.69) is 11.0 Å². The average molecular weight is 274 g/mol. The maximum Gasteiger partial charge on any atom is 0.165 e. The third kappa shape index (κ3) is 2.73. The molecule has 0 radical (unpaired) electrons. The number of hydrogen-bond donors (Lipinski definition) is 0. The molecule has 1 aliphatic heterocycles. The van der Waals surface area contributed by atoms with Crippen molar-refractivity contribution in [2.45, 2.75) is 24.7 Å². The van der Waals surface area contributed by atoms with Gasteiger partial charge in [0.1, 0.15) is 0 Å². The van der Waals surface area contributed by atoms with Crippen molar-refractivity contribution in [2.75, 3.05) is 34.4 Å². The van der Waals surface area contributed by atoms with Gasteiger partial charge >= 0.3 is 0 Å². The first-order valence-corrected chi connectivity index (χ1v) is 6.99. The van der Waals surface area contributed by atoms with Gasteiger partial charge in [0.05, 0.1) is 25.2 Å². The van der Waals surface area contributed by atoms with Crippen LogP contribution in [0.25, 0.3) is 0 Å². The van der Waals surface area contributed by atoms with E-state index in [1.807, 2.05) is 32.3 Å². The summed E-state index contributed by atoms with van der Waals surface area (Å²) in [6.07, 6.45) is 2.52. The molecule has 0 N–H and O–H groups in total. The Kier molecular flexibility index (Phi) is 4.51. The fraction of sp³-hybridized carbons (Fsp3) is 0.562. The zero-order valence-electron chi connectivity index (χ0n) is 12.5. The molecule has 0 aliphatic carbocycles. The van der Waals surface area contributed by atoms with Crippen molar-refractivity contribution in [1.82, 2.24) is 4.90 Å². The predicted molar refractivity (Wildman–Crippen MR) is 78.2 cm³/mol. The number of rotatable bonds is 4. The van der Waals surface area contributed by atoms with Crippen LogP contribution in [0, 0.1) is 11.3 Å². The van der Waals surface area contributed by atoms with Gasteiger partial charge in [0, 0.05) is 5.56 Å². The normalized spacial score (nSPS) is 21.6. The minimum Gasteiger partial charge on any atom is -0.493 e. The Labute approximate surface area is 120 Å². The van der Waals surface area contributed by atoms with Gasteiger partial charge in [-0.2, -0.15) is 5.26 Å². The Morgan fingerprint density at radius 3 is 2.90 bits per heavy atom. The van der Waals surface area contributed by atoms with Crippen LogP contribution in [-0.2, 0) is 5.41 Å². The molecule has 1 atom stereocenters. The molecule has 4 nitrogen and oxygen atoms in total. The minimum atomic E-state index is -0.482. The fourth-order valence-corrected chi connectivity index (χ4v) is 2.73. The van der Waals surface area contributed by atoms with E-state index in [0.29, 0.717) is 12.4 Å². The summed E-state index contributed by atoms with van der Waals surface area (Å²) in [6, 6.07) is 8.39. The number of ether oxygens (including phenoxy) is 2. The lowest BCUT2D eigenvalue weighted by atomic mass is 9.75. The van der Waals surface area contributed by atoms with Crippen molar-refractivity contribution in [3.63, 3.8) is 0 Å². The van der Waals surface area contributed by atoms with Crippen LogP contribution in [0.4, 0.5) is 0 Å². The van der Waals surface area contributed by atoms with Crippen LogP contribution in [0.2, 0.25) is 0 Å². The molecule has 0 fully saturated rings. The van der Waals surface area contributed by atoms with Crippen molar-refractivity contribution in [3.8, 4) is 17.6 Å². The van der Waals surface area contributed by atoms with Gasteiger partial charge in [-0.25, -0.2) is 0 Å². The zero-order valence-corrected chi connectivity index (χ0v) is 12.5. The molecular formula is C16H22N2O2. The predicted octanol–water partition coefficient (Wildman–Crippen LogP) is 2.58. The summed E-state index contributed by atoms with van der Waals surface area (Å²) < 4.78 is 11.2. The highest BCUT2D eigenvalue weighted by Crippen LogP contribution is 2.44. The van der Waals surface area contributed by atoms with E-state index in [0.717, 1.165) is 37.1 Å². The molecule has 0 saturated carbocycles. The van der Waals surface area contributed by atoms with Gasteiger partial charge in [-0.1, -0.05) is 12.1 Å². The first kappa shape index (κ1) is 14.7. The number of fused-ring (bicyclic) bond motifs is 1. The Balaban J connectivity index is 2.46. The van der Waals surface area contributed by atoms with Gasteiger partial charge in [0.25, 0.3) is 0 Å². The molecule has 1 unspecified atom stereocenters. The summed E-state index contributed by atoms with van der Waals surface area (Å²) in [7, 11) is 5.70. The van der Waals surface area contributed by atoms with Gasteiger partial charge in [-0.05, 0) is 46.0 Å². The molecule has 1 aromatic carbocycles. The quantitative estimate of drug-likeness (QED) is 0.846. The van der Waals surface area contributed by atoms with Crippen molar-refractivity contribution in [2.24, 2.45) is 0 Å². The van der Waals surface area contributed by atoms with Crippen LogP contribution in [-0.4, -0.2) is 39.3 Å². The van der Waals surface area contributed by atoms with Crippen molar-refractivity contribution in [3.05, 3.63) is 23.8 Å². The second-order valence-corrected chi connectivity index (χ2v) is 5.54. The molecule has 1 heterocycles. The topological polar surface area (TPSA) is 45.5 Å². The monoisotopic (exact) mass is 274 g/mol. The average Bonchev–Trinajstić information content (AvgIpc) is 2.65. The number of benzene rings is 1. The summed E-state index contributed by atoms with van der Waals surface area (Å²) in [5.74, 6) is 1.46. The number of methoxy groups -OCH3 is 1. The molecule has 0 amide bonds. The maximum atomic E-state index is 9.82. The van der Waals surface area contributed by atoms with Gasteiger partial charge in [-0.3, -0.25) is 0 Å². The van der Waals surface area contributed by atoms with Crippen molar-refractivity contribution < 1.29 is 9.47 Å². The maximum absolute atomic E-state index is 9.82. The lowest BCUT2D eigenvalue weighted by molar-refractivity contribution is 0.292. The van der Waals surface area contributed by atoms with Crippen LogP contribution in [0.1, 0.15) is 24.8 Å². The molecular weight excluding hydrogens is 252 g/mol. The van der Waals surface area contributed by atoms with Gasteiger partial charge in [0.15, 0.2) is 11.5 Å². The number of para-hydroxylation sites is 1. The molecule has 0 spiro atoms. The van der Waals surface area contributed by atoms with Crippen molar-refractivity contribution >= 4 is 0 Å². The lowest BCUT2D eigenvalue weighted by Gasteiger charge is -2.28. The summed E-state index contributed by atoms with van der Waals surface area (Å²) in [4.78, 5) is 2.12. The van der Waals surface area contributed by atoms with Crippen LogP contribution >= 0.6 is 0 Å². The molecule has 2 rings (SSSR count). The molecule has 0 saturated heterocycles. The van der Waals surface area contributed by atoms with E-state index in [-0.39, 0.29) is 0 Å². The highest BCUT2D eigenvalue weighted by Gasteiger charge is 2.37. The number of nitriles is 1. The molecule has 108 valence electrons. The summed E-state index contributed by atoms with van der Waals surface area (Å²) in [6.45, 7) is 1.52. The standard InChI is InChI=1S/C16H22N2O2/c1-18(2)10-9-16(12-17)8-5-11-20-15-13(16)6-4-7-14(15)19-3/h4,6-7H,5,8-11H2,1-3H3. The second kappa shape index (κ2) is 6.15. The van der Waals surface area contributed by atoms with Crippen LogP contribution in [0.5, 0.6) is 11.5 Å². The fourth-order valence-electron chi connectivity index (χ4n) is 2.73. The molecule has 20 heavy (non-hydrogen) atoms. The second-order valence-electron chi connectivity index (χ2n) is 5.54. The minimum absolute atomic E-state index is 0.482. The Morgan fingerprint density at radius 2 is 2.25 bits per heavy atom. The summed E-state index contributed by atoms with van der Waals surface area (Å²) >= 11 is 0. The van der Waals surface area contributed by atoms with Crippen molar-refractivity contribution in [1.29, 1.82) is 5.26 Å². The van der Waals surface area contributed by atoms with Gasteiger partial charge in [-0.15, -0.1) is 0 Å². The lowest BCUT2D eigenvalue weighted by Crippen LogP contribution is -2.29. The highest BCUT2D eigenvalue weighted by molar-refractivity contribution is 5.53.